The van der Waals surface area contributed by atoms with E-state index < -0.39 is 29.6 Å². The van der Waals surface area contributed by atoms with E-state index in [0.29, 0.717) is 5.76 Å². The Morgan fingerprint density at radius 3 is 2.50 bits per heavy atom. The zero-order valence-corrected chi connectivity index (χ0v) is 15.8. The number of carbonyl (C=O) groups excluding carboxylic acids is 3. The molecule has 0 radical (unpaired) electrons. The summed E-state index contributed by atoms with van der Waals surface area (Å²) in [5.74, 6) is -1.82. The molecule has 0 unspecified atom stereocenters. The van der Waals surface area contributed by atoms with Crippen molar-refractivity contribution >= 4 is 29.1 Å². The number of hydrogen-bond donors (Lipinski definition) is 4. The monoisotopic (exact) mass is 390 g/mol. The number of amides is 3. The molecule has 0 fully saturated rings. The summed E-state index contributed by atoms with van der Waals surface area (Å²) < 4.78 is 19.1. The van der Waals surface area contributed by atoms with Crippen LogP contribution in [0, 0.1) is 18.7 Å². The minimum atomic E-state index is -0.716. The summed E-state index contributed by atoms with van der Waals surface area (Å²) in [6, 6.07) is 4.49. The van der Waals surface area contributed by atoms with Gasteiger partial charge in [0.25, 0.3) is 5.91 Å². The van der Waals surface area contributed by atoms with E-state index in [9.17, 15) is 18.8 Å². The van der Waals surface area contributed by atoms with Gasteiger partial charge in [0.1, 0.15) is 11.6 Å². The number of anilines is 2. The normalized spacial score (nSPS) is 11.8. The highest BCUT2D eigenvalue weighted by atomic mass is 19.1. The van der Waals surface area contributed by atoms with Crippen LogP contribution in [-0.2, 0) is 9.59 Å². The molecule has 3 amide bonds. The van der Waals surface area contributed by atoms with Gasteiger partial charge in [0.15, 0.2) is 0 Å². The fraction of sp³-hybridized carbons (Fsp3) is 0.316. The Morgan fingerprint density at radius 1 is 1.18 bits per heavy atom. The van der Waals surface area contributed by atoms with Crippen molar-refractivity contribution in [2.75, 3.05) is 17.2 Å². The number of nitrogens with two attached hydrogens (primary N) is 1. The van der Waals surface area contributed by atoms with Crippen LogP contribution < -0.4 is 21.7 Å². The molecule has 2 rings (SSSR count). The van der Waals surface area contributed by atoms with Crippen molar-refractivity contribution < 1.29 is 23.2 Å². The van der Waals surface area contributed by atoms with Crippen molar-refractivity contribution in [1.29, 1.82) is 0 Å². The first-order valence-corrected chi connectivity index (χ1v) is 8.67. The summed E-state index contributed by atoms with van der Waals surface area (Å²) in [6.07, 6.45) is 1.36. The van der Waals surface area contributed by atoms with Crippen LogP contribution in [0.15, 0.2) is 34.9 Å². The molecule has 5 N–H and O–H groups in total. The predicted molar refractivity (Wildman–Crippen MR) is 102 cm³/mol. The van der Waals surface area contributed by atoms with Crippen molar-refractivity contribution in [3.05, 3.63) is 47.7 Å². The Morgan fingerprint density at radius 2 is 1.89 bits per heavy atom. The van der Waals surface area contributed by atoms with Gasteiger partial charge in [-0.2, -0.15) is 0 Å². The van der Waals surface area contributed by atoms with E-state index in [1.54, 1.807) is 20.8 Å². The van der Waals surface area contributed by atoms with E-state index in [2.05, 4.69) is 16.0 Å². The lowest BCUT2D eigenvalue weighted by atomic mass is 10.1. The third kappa shape index (κ3) is 5.40. The van der Waals surface area contributed by atoms with Crippen molar-refractivity contribution in [2.24, 2.45) is 11.7 Å². The van der Waals surface area contributed by atoms with Gasteiger partial charge in [0.05, 0.1) is 30.1 Å². The van der Waals surface area contributed by atoms with Gasteiger partial charge < -0.3 is 26.1 Å². The molecular weight excluding hydrogens is 367 g/mol. The van der Waals surface area contributed by atoms with Gasteiger partial charge >= 0.3 is 0 Å². The quantitative estimate of drug-likeness (QED) is 0.575. The Bertz CT molecular complexity index is 879. The van der Waals surface area contributed by atoms with Crippen molar-refractivity contribution in [1.82, 2.24) is 5.32 Å². The Labute approximate surface area is 161 Å². The summed E-state index contributed by atoms with van der Waals surface area (Å²) >= 11 is 0. The minimum Gasteiger partial charge on any atom is -0.469 e. The number of aryl methyl sites for hydroxylation is 1. The molecule has 9 heteroatoms. The second kappa shape index (κ2) is 9.14. The number of nitrogens with one attached hydrogen (secondary N) is 3. The number of benzene rings is 1. The van der Waals surface area contributed by atoms with E-state index in [1.807, 2.05) is 0 Å². The molecule has 2 aromatic rings. The smallest absolute Gasteiger partial charge is 0.259 e. The Hall–Kier alpha value is -3.20. The topological polar surface area (TPSA) is 126 Å². The standard InChI is InChI=1S/C19H23FN4O4/c1-10(2)17(21)19(27)22-9-16(25)23-12-4-5-14(20)15(8-12)24-18(26)13-6-7-28-11(13)3/h4-8,10,17H,9,21H2,1-3H3,(H,22,27)(H,23,25)(H,24,26)/t17-/m0/s1. The lowest BCUT2D eigenvalue weighted by Crippen LogP contribution is -2.46. The second-order valence-corrected chi connectivity index (χ2v) is 6.57. The molecule has 1 aromatic heterocycles. The Balaban J connectivity index is 1.99. The van der Waals surface area contributed by atoms with Crippen LogP contribution in [0.4, 0.5) is 15.8 Å². The fourth-order valence-electron chi connectivity index (χ4n) is 2.30. The highest BCUT2D eigenvalue weighted by molar-refractivity contribution is 6.05. The Kier molecular flexibility index (Phi) is 6.89. The molecule has 8 nitrogen and oxygen atoms in total. The average molecular weight is 390 g/mol. The zero-order valence-electron chi connectivity index (χ0n) is 15.8. The lowest BCUT2D eigenvalue weighted by molar-refractivity contribution is -0.125. The van der Waals surface area contributed by atoms with Crippen LogP contribution in [0.5, 0.6) is 0 Å². The summed E-state index contributed by atoms with van der Waals surface area (Å²) in [5.41, 5.74) is 6.13. The molecule has 0 bridgehead atoms. The van der Waals surface area contributed by atoms with Crippen molar-refractivity contribution in [3.63, 3.8) is 0 Å². The average Bonchev–Trinajstić information content (AvgIpc) is 3.07. The highest BCUT2D eigenvalue weighted by Gasteiger charge is 2.18. The van der Waals surface area contributed by atoms with Gasteiger partial charge in [-0.3, -0.25) is 14.4 Å². The SMILES string of the molecule is Cc1occc1C(=O)Nc1cc(NC(=O)CNC(=O)[C@@H](N)C(C)C)ccc1F. The van der Waals surface area contributed by atoms with Gasteiger partial charge in [-0.25, -0.2) is 4.39 Å². The van der Waals surface area contributed by atoms with E-state index in [0.717, 1.165) is 6.07 Å². The number of furan rings is 1. The first-order valence-electron chi connectivity index (χ1n) is 8.67. The van der Waals surface area contributed by atoms with Gasteiger partial charge in [0.2, 0.25) is 11.8 Å². The third-order valence-corrected chi connectivity index (χ3v) is 4.05. The zero-order chi connectivity index (χ0) is 20.8. The largest absolute Gasteiger partial charge is 0.469 e. The second-order valence-electron chi connectivity index (χ2n) is 6.57. The maximum absolute atomic E-state index is 14.0. The van der Waals surface area contributed by atoms with Crippen LogP contribution in [0.2, 0.25) is 0 Å². The minimum absolute atomic E-state index is 0.0646. The molecule has 0 saturated carbocycles. The molecule has 0 aliphatic rings. The third-order valence-electron chi connectivity index (χ3n) is 4.05. The van der Waals surface area contributed by atoms with Gasteiger partial charge in [-0.05, 0) is 37.1 Å². The summed E-state index contributed by atoms with van der Waals surface area (Å²) in [7, 11) is 0. The first-order chi connectivity index (χ1) is 13.2. The molecule has 1 aromatic carbocycles. The van der Waals surface area contributed by atoms with Crippen molar-refractivity contribution in [2.45, 2.75) is 26.8 Å². The summed E-state index contributed by atoms with van der Waals surface area (Å²) in [5, 5.41) is 7.39. The molecule has 0 aliphatic heterocycles. The fourth-order valence-corrected chi connectivity index (χ4v) is 2.30. The number of carbonyl (C=O) groups is 3. The molecule has 0 saturated heterocycles. The number of rotatable bonds is 7. The maximum atomic E-state index is 14.0. The van der Waals surface area contributed by atoms with Crippen LogP contribution >= 0.6 is 0 Å². The molecular formula is C19H23FN4O4. The molecule has 1 heterocycles. The van der Waals surface area contributed by atoms with E-state index >= 15 is 0 Å². The molecule has 0 spiro atoms. The lowest BCUT2D eigenvalue weighted by Gasteiger charge is -2.15. The highest BCUT2D eigenvalue weighted by Crippen LogP contribution is 2.21. The van der Waals surface area contributed by atoms with Gasteiger partial charge in [-0.1, -0.05) is 13.8 Å². The van der Waals surface area contributed by atoms with Crippen LogP contribution in [0.25, 0.3) is 0 Å². The van der Waals surface area contributed by atoms with Gasteiger partial charge in [0, 0.05) is 5.69 Å². The van der Waals surface area contributed by atoms with Gasteiger partial charge in [-0.15, -0.1) is 0 Å². The molecule has 28 heavy (non-hydrogen) atoms. The van der Waals surface area contributed by atoms with Crippen LogP contribution in [0.3, 0.4) is 0 Å². The molecule has 0 aliphatic carbocycles. The van der Waals surface area contributed by atoms with Crippen LogP contribution in [-0.4, -0.2) is 30.3 Å². The van der Waals surface area contributed by atoms with Crippen LogP contribution in [0.1, 0.15) is 30.0 Å². The number of hydrogen-bond acceptors (Lipinski definition) is 5. The van der Waals surface area contributed by atoms with Crippen molar-refractivity contribution in [3.8, 4) is 0 Å². The van der Waals surface area contributed by atoms with E-state index in [1.165, 1.54) is 24.5 Å². The first kappa shape index (κ1) is 21.1. The summed E-state index contributed by atoms with van der Waals surface area (Å²) in [6.45, 7) is 4.92. The van der Waals surface area contributed by atoms with E-state index in [4.69, 9.17) is 10.2 Å². The number of halogens is 1. The summed E-state index contributed by atoms with van der Waals surface area (Å²) in [4.78, 5) is 36.0. The predicted octanol–water partition coefficient (Wildman–Crippen LogP) is 2.02. The molecule has 1 atom stereocenters. The van der Waals surface area contributed by atoms with E-state index in [-0.39, 0.29) is 29.4 Å². The maximum Gasteiger partial charge on any atom is 0.259 e. The molecule has 150 valence electrons.